The summed E-state index contributed by atoms with van der Waals surface area (Å²) >= 11 is 5.92. The molecule has 0 bridgehead atoms. The van der Waals surface area contributed by atoms with E-state index >= 15 is 0 Å². The average Bonchev–Trinajstić information content (AvgIpc) is 2.54. The smallest absolute Gasteiger partial charge is 0.313 e. The number of carboxylic acid groups (broad SMARTS) is 1. The van der Waals surface area contributed by atoms with Crippen molar-refractivity contribution in [1.29, 1.82) is 0 Å². The maximum atomic E-state index is 12.8. The molecule has 1 saturated heterocycles. The number of carbonyl (C=O) groups excluding carboxylic acids is 1. The van der Waals surface area contributed by atoms with Gasteiger partial charge in [0, 0.05) is 25.2 Å². The summed E-state index contributed by atoms with van der Waals surface area (Å²) in [7, 11) is 2.93. The standard InChI is InChI=1S/C16H20ClNO5/c1-22-10-16(15(20)21)6-3-7-18(9-16)14(19)12-5-4-11(17)8-13(12)23-2/h4-5,8H,3,6-7,9-10H2,1-2H3,(H,20,21). The maximum absolute atomic E-state index is 12.8. The lowest BCUT2D eigenvalue weighted by molar-refractivity contribution is -0.155. The van der Waals surface area contributed by atoms with Gasteiger partial charge in [-0.15, -0.1) is 0 Å². The summed E-state index contributed by atoms with van der Waals surface area (Å²) in [6.07, 6.45) is 1.09. The maximum Gasteiger partial charge on any atom is 0.313 e. The Morgan fingerprint density at radius 2 is 2.13 bits per heavy atom. The monoisotopic (exact) mass is 341 g/mol. The number of amides is 1. The van der Waals surface area contributed by atoms with E-state index in [0.29, 0.717) is 35.7 Å². The Kier molecular flexibility index (Phi) is 5.49. The second kappa shape index (κ2) is 7.19. The first-order chi connectivity index (χ1) is 10.9. The SMILES string of the molecule is COCC1(C(=O)O)CCCN(C(=O)c2ccc(Cl)cc2OC)C1. The average molecular weight is 342 g/mol. The van der Waals surface area contributed by atoms with Crippen LogP contribution in [0.2, 0.25) is 5.02 Å². The molecular weight excluding hydrogens is 322 g/mol. The molecule has 1 aromatic rings. The van der Waals surface area contributed by atoms with E-state index in [4.69, 9.17) is 21.1 Å². The Labute approximate surface area is 139 Å². The summed E-state index contributed by atoms with van der Waals surface area (Å²) in [6.45, 7) is 0.689. The van der Waals surface area contributed by atoms with Crippen molar-refractivity contribution >= 4 is 23.5 Å². The van der Waals surface area contributed by atoms with Gasteiger partial charge in [0.2, 0.25) is 0 Å². The summed E-state index contributed by atoms with van der Waals surface area (Å²) in [5, 5.41) is 10.0. The van der Waals surface area contributed by atoms with Crippen molar-refractivity contribution in [1.82, 2.24) is 4.90 Å². The van der Waals surface area contributed by atoms with Gasteiger partial charge >= 0.3 is 5.97 Å². The molecule has 1 heterocycles. The van der Waals surface area contributed by atoms with E-state index in [2.05, 4.69) is 0 Å². The van der Waals surface area contributed by atoms with E-state index in [9.17, 15) is 14.7 Å². The number of piperidine rings is 1. The van der Waals surface area contributed by atoms with Crippen molar-refractivity contribution < 1.29 is 24.2 Å². The fraction of sp³-hybridized carbons (Fsp3) is 0.500. The molecule has 126 valence electrons. The van der Waals surface area contributed by atoms with Gasteiger partial charge in [-0.25, -0.2) is 0 Å². The number of likely N-dealkylation sites (tertiary alicyclic amines) is 1. The van der Waals surface area contributed by atoms with Gasteiger partial charge in [-0.3, -0.25) is 9.59 Å². The van der Waals surface area contributed by atoms with Crippen LogP contribution in [0, 0.1) is 5.41 Å². The van der Waals surface area contributed by atoms with E-state index in [0.717, 1.165) is 0 Å². The van der Waals surface area contributed by atoms with Crippen molar-refractivity contribution in [2.24, 2.45) is 5.41 Å². The van der Waals surface area contributed by atoms with Crippen LogP contribution in [0.25, 0.3) is 0 Å². The van der Waals surface area contributed by atoms with E-state index in [1.165, 1.54) is 14.2 Å². The molecule has 0 aromatic heterocycles. The fourth-order valence-electron chi connectivity index (χ4n) is 2.95. The van der Waals surface area contributed by atoms with Crippen molar-refractivity contribution in [3.8, 4) is 5.75 Å². The van der Waals surface area contributed by atoms with Crippen LogP contribution in [0.4, 0.5) is 0 Å². The number of hydrogen-bond acceptors (Lipinski definition) is 4. The third-order valence-corrected chi connectivity index (χ3v) is 4.37. The summed E-state index contributed by atoms with van der Waals surface area (Å²) in [5.74, 6) is -0.833. The Morgan fingerprint density at radius 3 is 2.74 bits per heavy atom. The number of carbonyl (C=O) groups is 2. The van der Waals surface area contributed by atoms with Gasteiger partial charge in [0.15, 0.2) is 0 Å². The Morgan fingerprint density at radius 1 is 1.39 bits per heavy atom. The van der Waals surface area contributed by atoms with Gasteiger partial charge in [-0.05, 0) is 31.0 Å². The van der Waals surface area contributed by atoms with Crippen molar-refractivity contribution in [2.45, 2.75) is 12.8 Å². The first-order valence-electron chi connectivity index (χ1n) is 7.28. The molecule has 2 rings (SSSR count). The molecule has 0 saturated carbocycles. The highest BCUT2D eigenvalue weighted by Gasteiger charge is 2.44. The quantitative estimate of drug-likeness (QED) is 0.889. The van der Waals surface area contributed by atoms with Gasteiger partial charge in [-0.1, -0.05) is 11.6 Å². The van der Waals surface area contributed by atoms with Gasteiger partial charge in [-0.2, -0.15) is 0 Å². The largest absolute Gasteiger partial charge is 0.496 e. The second-order valence-electron chi connectivity index (χ2n) is 5.69. The molecule has 1 unspecified atom stereocenters. The summed E-state index contributed by atoms with van der Waals surface area (Å²) < 4.78 is 10.3. The molecule has 1 fully saturated rings. The van der Waals surface area contributed by atoms with Crippen LogP contribution in [0.3, 0.4) is 0 Å². The van der Waals surface area contributed by atoms with Crippen LogP contribution in [0.15, 0.2) is 18.2 Å². The molecule has 1 N–H and O–H groups in total. The lowest BCUT2D eigenvalue weighted by Gasteiger charge is -2.39. The van der Waals surface area contributed by atoms with Gasteiger partial charge in [0.25, 0.3) is 5.91 Å². The zero-order chi connectivity index (χ0) is 17.0. The van der Waals surface area contributed by atoms with E-state index < -0.39 is 11.4 Å². The highest BCUT2D eigenvalue weighted by atomic mass is 35.5. The lowest BCUT2D eigenvalue weighted by Crippen LogP contribution is -2.52. The molecule has 0 aliphatic carbocycles. The Balaban J connectivity index is 2.27. The molecule has 1 aliphatic heterocycles. The predicted octanol–water partition coefficient (Wildman–Crippen LogP) is 2.30. The van der Waals surface area contributed by atoms with Crippen LogP contribution >= 0.6 is 11.6 Å². The molecule has 0 radical (unpaired) electrons. The summed E-state index contributed by atoms with van der Waals surface area (Å²) in [4.78, 5) is 26.0. The van der Waals surface area contributed by atoms with Gasteiger partial charge in [0.05, 0.1) is 19.3 Å². The predicted molar refractivity (Wildman–Crippen MR) is 85.1 cm³/mol. The molecule has 0 spiro atoms. The second-order valence-corrected chi connectivity index (χ2v) is 6.13. The van der Waals surface area contributed by atoms with Crippen LogP contribution in [-0.2, 0) is 9.53 Å². The van der Waals surface area contributed by atoms with Gasteiger partial charge in [0.1, 0.15) is 11.2 Å². The van der Waals surface area contributed by atoms with Gasteiger partial charge < -0.3 is 19.5 Å². The van der Waals surface area contributed by atoms with Crippen LogP contribution < -0.4 is 4.74 Å². The topological polar surface area (TPSA) is 76.1 Å². The zero-order valence-corrected chi connectivity index (χ0v) is 13.9. The molecule has 1 atom stereocenters. The van der Waals surface area contributed by atoms with Crippen molar-refractivity contribution in [3.05, 3.63) is 28.8 Å². The summed E-state index contributed by atoms with van der Waals surface area (Å²) in [6, 6.07) is 4.77. The third-order valence-electron chi connectivity index (χ3n) is 4.13. The normalized spacial score (nSPS) is 21.1. The zero-order valence-electron chi connectivity index (χ0n) is 13.2. The van der Waals surface area contributed by atoms with Crippen molar-refractivity contribution in [2.75, 3.05) is 33.9 Å². The third kappa shape index (κ3) is 3.59. The highest BCUT2D eigenvalue weighted by Crippen LogP contribution is 2.33. The molecule has 1 aromatic carbocycles. The number of aliphatic carboxylic acids is 1. The van der Waals surface area contributed by atoms with E-state index in [1.807, 2.05) is 0 Å². The number of benzene rings is 1. The van der Waals surface area contributed by atoms with Crippen molar-refractivity contribution in [3.63, 3.8) is 0 Å². The first kappa shape index (κ1) is 17.6. The molecule has 1 amide bonds. The molecule has 7 heteroatoms. The summed E-state index contributed by atoms with van der Waals surface area (Å²) in [5.41, 5.74) is -0.696. The number of rotatable bonds is 5. The highest BCUT2D eigenvalue weighted by molar-refractivity contribution is 6.30. The first-order valence-corrected chi connectivity index (χ1v) is 7.66. The van der Waals surface area contributed by atoms with E-state index in [1.54, 1.807) is 23.1 Å². The molecule has 1 aliphatic rings. The van der Waals surface area contributed by atoms with Crippen LogP contribution in [0.5, 0.6) is 5.75 Å². The Hall–Kier alpha value is -1.79. The Bertz CT molecular complexity index is 602. The minimum absolute atomic E-state index is 0.0733. The van der Waals surface area contributed by atoms with E-state index in [-0.39, 0.29) is 19.1 Å². The fourth-order valence-corrected chi connectivity index (χ4v) is 3.11. The van der Waals surface area contributed by atoms with Crippen LogP contribution in [-0.4, -0.2) is 55.8 Å². The van der Waals surface area contributed by atoms with Crippen LogP contribution in [0.1, 0.15) is 23.2 Å². The number of ether oxygens (including phenoxy) is 2. The number of hydrogen-bond donors (Lipinski definition) is 1. The molecular formula is C16H20ClNO5. The minimum Gasteiger partial charge on any atom is -0.496 e. The number of halogens is 1. The number of nitrogens with zero attached hydrogens (tertiary/aromatic N) is 1. The number of carboxylic acids is 1. The minimum atomic E-state index is -1.07. The molecule has 23 heavy (non-hydrogen) atoms. The lowest BCUT2D eigenvalue weighted by atomic mass is 9.80. The molecule has 6 nitrogen and oxygen atoms in total. The number of methoxy groups -OCH3 is 2.